The molecule has 0 unspecified atom stereocenters. The van der Waals surface area contributed by atoms with Gasteiger partial charge in [0.1, 0.15) is 6.10 Å². The molecule has 0 spiro atoms. The number of carbonyl (C=O) groups is 2. The topological polar surface area (TPSA) is 89.5 Å². The van der Waals surface area contributed by atoms with Crippen molar-refractivity contribution in [3.8, 4) is 0 Å². The van der Waals surface area contributed by atoms with Gasteiger partial charge in [-0.15, -0.1) is 0 Å². The van der Waals surface area contributed by atoms with Crippen molar-refractivity contribution in [2.24, 2.45) is 16.7 Å². The lowest BCUT2D eigenvalue weighted by atomic mass is 9.69. The first-order valence-electron chi connectivity index (χ1n) is 11.9. The van der Waals surface area contributed by atoms with E-state index < -0.39 is 39.3 Å². The number of carbonyl (C=O) groups excluding carboxylic acids is 2. The Bertz CT molecular complexity index is 1410. The normalized spacial score (nSPS) is 27.1. The number of rotatable bonds is 6. The Kier molecular flexibility index (Phi) is 5.61. The van der Waals surface area contributed by atoms with E-state index in [0.717, 1.165) is 18.2 Å². The summed E-state index contributed by atoms with van der Waals surface area (Å²) in [6, 6.07) is 20.1. The predicted octanol–water partition coefficient (Wildman–Crippen LogP) is 4.74. The first-order chi connectivity index (χ1) is 16.6. The Morgan fingerprint density at radius 3 is 2.31 bits per heavy atom. The highest BCUT2D eigenvalue weighted by atomic mass is 32.2. The zero-order valence-corrected chi connectivity index (χ0v) is 20.8. The van der Waals surface area contributed by atoms with Gasteiger partial charge < -0.3 is 4.74 Å². The molecule has 7 heteroatoms. The number of sulfonamides is 1. The van der Waals surface area contributed by atoms with Crippen LogP contribution in [0.25, 0.3) is 10.8 Å². The Morgan fingerprint density at radius 1 is 0.914 bits per heavy atom. The van der Waals surface area contributed by atoms with Gasteiger partial charge in [-0.2, -0.15) is 0 Å². The van der Waals surface area contributed by atoms with Crippen LogP contribution in [0.2, 0.25) is 0 Å². The molecule has 0 aliphatic heterocycles. The Labute approximate surface area is 205 Å². The fourth-order valence-corrected chi connectivity index (χ4v) is 7.77. The number of benzene rings is 3. The molecular formula is C28H29NO5S. The van der Waals surface area contributed by atoms with Crippen LogP contribution in [0, 0.1) is 16.7 Å². The Morgan fingerprint density at radius 2 is 1.57 bits per heavy atom. The van der Waals surface area contributed by atoms with Crippen LogP contribution in [0.1, 0.15) is 44.0 Å². The number of hydrogen-bond donors (Lipinski definition) is 1. The fraction of sp³-hybridized carbons (Fsp3) is 0.357. The molecule has 2 aliphatic rings. The smallest absolute Gasteiger partial charge is 0.380 e. The summed E-state index contributed by atoms with van der Waals surface area (Å²) in [4.78, 5) is 25.8. The fourth-order valence-electron chi connectivity index (χ4n) is 6.18. The zero-order valence-electron chi connectivity index (χ0n) is 20.0. The SMILES string of the molecule is CC1(C)[C@@H]2CC[C@@]1(C)[C@H](NS(=O)(=O)c1cccc3ccccc13)[C@@H]2OC(=O)C(=O)c1ccccc1. The standard InChI is InChI=1S/C28H29NO5S/c1-27(2)21-16-17-28(27,3)25(24(21)34-26(31)23(30)19-11-5-4-6-12-19)29-35(32,33)22-15-9-13-18-10-7-8-14-20(18)22/h4-15,21,24-25,29H,16-17H2,1-3H3/t21-,24-,25-,28+/m1/s1. The third-order valence-electron chi connectivity index (χ3n) is 8.57. The number of ether oxygens (including phenoxy) is 1. The number of fused-ring (bicyclic) bond motifs is 3. The summed E-state index contributed by atoms with van der Waals surface area (Å²) in [5.74, 6) is -1.75. The van der Waals surface area contributed by atoms with Crippen LogP contribution in [0.3, 0.4) is 0 Å². The molecule has 5 rings (SSSR count). The molecule has 6 nitrogen and oxygen atoms in total. The van der Waals surface area contributed by atoms with Crippen molar-refractivity contribution in [2.45, 2.75) is 50.7 Å². The molecule has 3 aromatic carbocycles. The quantitative estimate of drug-likeness (QED) is 0.306. The molecule has 2 bridgehead atoms. The molecule has 0 aromatic heterocycles. The van der Waals surface area contributed by atoms with Crippen LogP contribution in [-0.2, 0) is 19.6 Å². The van der Waals surface area contributed by atoms with Crippen molar-refractivity contribution in [1.29, 1.82) is 0 Å². The van der Waals surface area contributed by atoms with Gasteiger partial charge in [-0.05, 0) is 35.1 Å². The number of nitrogens with one attached hydrogen (secondary N) is 1. The second-order valence-electron chi connectivity index (χ2n) is 10.4. The van der Waals surface area contributed by atoms with E-state index in [1.807, 2.05) is 24.3 Å². The average molecular weight is 492 g/mol. The molecule has 182 valence electrons. The van der Waals surface area contributed by atoms with Gasteiger partial charge in [0.2, 0.25) is 10.0 Å². The lowest BCUT2D eigenvalue weighted by Gasteiger charge is -2.39. The van der Waals surface area contributed by atoms with Crippen LogP contribution in [-0.4, -0.2) is 32.3 Å². The minimum absolute atomic E-state index is 0.0692. The number of ketones is 1. The van der Waals surface area contributed by atoms with Crippen LogP contribution < -0.4 is 4.72 Å². The van der Waals surface area contributed by atoms with Gasteiger partial charge in [-0.1, -0.05) is 87.5 Å². The van der Waals surface area contributed by atoms with E-state index in [0.29, 0.717) is 5.39 Å². The maximum Gasteiger partial charge on any atom is 0.380 e. The second-order valence-corrected chi connectivity index (χ2v) is 12.1. The number of esters is 1. The van der Waals surface area contributed by atoms with Gasteiger partial charge in [-0.25, -0.2) is 17.9 Å². The van der Waals surface area contributed by atoms with E-state index in [1.54, 1.807) is 48.5 Å². The predicted molar refractivity (Wildman–Crippen MR) is 133 cm³/mol. The second kappa shape index (κ2) is 8.28. The van der Waals surface area contributed by atoms with Gasteiger partial charge >= 0.3 is 5.97 Å². The molecule has 0 heterocycles. The monoisotopic (exact) mass is 491 g/mol. The van der Waals surface area contributed by atoms with Crippen LogP contribution >= 0.6 is 0 Å². The van der Waals surface area contributed by atoms with E-state index in [2.05, 4.69) is 25.5 Å². The van der Waals surface area contributed by atoms with Crippen molar-refractivity contribution in [3.63, 3.8) is 0 Å². The van der Waals surface area contributed by atoms with E-state index in [4.69, 9.17) is 4.74 Å². The zero-order chi connectivity index (χ0) is 25.0. The van der Waals surface area contributed by atoms with Crippen molar-refractivity contribution in [3.05, 3.63) is 78.4 Å². The van der Waals surface area contributed by atoms with E-state index in [-0.39, 0.29) is 21.8 Å². The highest BCUT2D eigenvalue weighted by Crippen LogP contribution is 2.66. The summed E-state index contributed by atoms with van der Waals surface area (Å²) >= 11 is 0. The molecular weight excluding hydrogens is 462 g/mol. The summed E-state index contributed by atoms with van der Waals surface area (Å²) < 4.78 is 36.1. The minimum atomic E-state index is -3.95. The highest BCUT2D eigenvalue weighted by molar-refractivity contribution is 7.89. The Balaban J connectivity index is 1.49. The lowest BCUT2D eigenvalue weighted by Crippen LogP contribution is -2.53. The number of hydrogen-bond acceptors (Lipinski definition) is 5. The third-order valence-corrected chi connectivity index (χ3v) is 10.1. The van der Waals surface area contributed by atoms with Crippen LogP contribution in [0.5, 0.6) is 0 Å². The summed E-state index contributed by atoms with van der Waals surface area (Å²) in [6.07, 6.45) is 0.857. The molecule has 4 atom stereocenters. The third kappa shape index (κ3) is 3.69. The first-order valence-corrected chi connectivity index (χ1v) is 13.3. The van der Waals surface area contributed by atoms with Gasteiger partial charge in [0.15, 0.2) is 0 Å². The summed E-state index contributed by atoms with van der Waals surface area (Å²) in [5.41, 5.74) is -0.491. The summed E-state index contributed by atoms with van der Waals surface area (Å²) in [7, 11) is -3.95. The van der Waals surface area contributed by atoms with Crippen molar-refractivity contribution in [1.82, 2.24) is 4.72 Å². The maximum atomic E-state index is 13.7. The minimum Gasteiger partial charge on any atom is -0.454 e. The molecule has 1 N–H and O–H groups in total. The Hall–Kier alpha value is -3.03. The maximum absolute atomic E-state index is 13.7. The van der Waals surface area contributed by atoms with Gasteiger partial charge in [0.25, 0.3) is 5.78 Å². The molecule has 3 aromatic rings. The van der Waals surface area contributed by atoms with Gasteiger partial charge in [-0.3, -0.25) is 4.79 Å². The summed E-state index contributed by atoms with van der Waals surface area (Å²) in [6.45, 7) is 6.24. The first kappa shape index (κ1) is 23.7. The molecule has 0 saturated heterocycles. The van der Waals surface area contributed by atoms with E-state index >= 15 is 0 Å². The lowest BCUT2D eigenvalue weighted by molar-refractivity contribution is -0.147. The summed E-state index contributed by atoms with van der Waals surface area (Å²) in [5, 5.41) is 1.45. The molecule has 35 heavy (non-hydrogen) atoms. The van der Waals surface area contributed by atoms with Crippen LogP contribution in [0.15, 0.2) is 77.7 Å². The van der Waals surface area contributed by atoms with Crippen molar-refractivity contribution >= 4 is 32.5 Å². The van der Waals surface area contributed by atoms with Gasteiger partial charge in [0, 0.05) is 16.9 Å². The van der Waals surface area contributed by atoms with Crippen molar-refractivity contribution in [2.75, 3.05) is 0 Å². The average Bonchev–Trinajstić information content (AvgIpc) is 3.16. The molecule has 2 aliphatic carbocycles. The molecule has 0 radical (unpaired) electrons. The molecule has 2 fully saturated rings. The van der Waals surface area contributed by atoms with E-state index in [1.165, 1.54) is 0 Å². The molecule has 0 amide bonds. The largest absolute Gasteiger partial charge is 0.454 e. The van der Waals surface area contributed by atoms with Gasteiger partial charge in [0.05, 0.1) is 10.9 Å². The van der Waals surface area contributed by atoms with E-state index in [9.17, 15) is 18.0 Å². The highest BCUT2D eigenvalue weighted by Gasteiger charge is 2.68. The van der Waals surface area contributed by atoms with Crippen molar-refractivity contribution < 1.29 is 22.7 Å². The molecule has 2 saturated carbocycles. The van der Waals surface area contributed by atoms with Crippen LogP contribution in [0.4, 0.5) is 0 Å². The number of Topliss-reactive ketones (excluding diaryl/α,β-unsaturated/α-hetero) is 1.